The molecular formula is C16H27N. The van der Waals surface area contributed by atoms with E-state index < -0.39 is 0 Å². The van der Waals surface area contributed by atoms with Crippen molar-refractivity contribution in [3.8, 4) is 0 Å². The zero-order valence-corrected chi connectivity index (χ0v) is 11.8. The van der Waals surface area contributed by atoms with Crippen LogP contribution in [-0.2, 0) is 12.8 Å². The highest BCUT2D eigenvalue weighted by atomic mass is 14.9. The predicted molar refractivity (Wildman–Crippen MR) is 76.4 cm³/mol. The molecule has 0 amide bonds. The highest BCUT2D eigenvalue weighted by molar-refractivity contribution is 5.24. The molecule has 0 aromatic heterocycles. The quantitative estimate of drug-likeness (QED) is 0.755. The lowest BCUT2D eigenvalue weighted by Crippen LogP contribution is -2.28. The zero-order valence-electron chi connectivity index (χ0n) is 11.8. The van der Waals surface area contributed by atoms with Crippen molar-refractivity contribution in [3.05, 3.63) is 35.4 Å². The van der Waals surface area contributed by atoms with Gasteiger partial charge in [0.25, 0.3) is 0 Å². The fraction of sp³-hybridized carbons (Fsp3) is 0.625. The normalized spacial score (nSPS) is 13.0. The maximum absolute atomic E-state index is 3.51. The van der Waals surface area contributed by atoms with Crippen LogP contribution in [0.5, 0.6) is 0 Å². The highest BCUT2D eigenvalue weighted by Gasteiger charge is 2.05. The third-order valence-electron chi connectivity index (χ3n) is 2.99. The lowest BCUT2D eigenvalue weighted by Gasteiger charge is -2.15. The standard InChI is InChI=1S/C16H27N/c1-5-7-15-8-6-9-16(11-15)10-14(4)12-17-13(2)3/h6,8-9,11,13-14,17H,5,7,10,12H2,1-4H3. The van der Waals surface area contributed by atoms with Crippen molar-refractivity contribution in [3.63, 3.8) is 0 Å². The van der Waals surface area contributed by atoms with Crippen molar-refractivity contribution < 1.29 is 0 Å². The second kappa shape index (κ2) is 7.50. The van der Waals surface area contributed by atoms with Crippen LogP contribution >= 0.6 is 0 Å². The molecule has 17 heavy (non-hydrogen) atoms. The van der Waals surface area contributed by atoms with Crippen molar-refractivity contribution in [2.45, 2.75) is 53.0 Å². The number of nitrogens with one attached hydrogen (secondary N) is 1. The second-order valence-corrected chi connectivity index (χ2v) is 5.44. The van der Waals surface area contributed by atoms with Gasteiger partial charge >= 0.3 is 0 Å². The summed E-state index contributed by atoms with van der Waals surface area (Å²) >= 11 is 0. The first kappa shape index (κ1) is 14.2. The molecule has 1 heteroatoms. The number of rotatable bonds is 7. The Bertz CT molecular complexity index is 317. The Kier molecular flexibility index (Phi) is 6.28. The van der Waals surface area contributed by atoms with Gasteiger partial charge in [-0.05, 0) is 36.4 Å². The van der Waals surface area contributed by atoms with Gasteiger partial charge in [0.2, 0.25) is 0 Å². The Balaban J connectivity index is 2.46. The van der Waals surface area contributed by atoms with Gasteiger partial charge in [0.15, 0.2) is 0 Å². The number of benzene rings is 1. The summed E-state index contributed by atoms with van der Waals surface area (Å²) in [4.78, 5) is 0. The third kappa shape index (κ3) is 5.88. The molecule has 0 bridgehead atoms. The summed E-state index contributed by atoms with van der Waals surface area (Å²) < 4.78 is 0. The van der Waals surface area contributed by atoms with Crippen LogP contribution in [0.25, 0.3) is 0 Å². The van der Waals surface area contributed by atoms with Gasteiger partial charge in [-0.1, -0.05) is 58.4 Å². The lowest BCUT2D eigenvalue weighted by atomic mass is 9.98. The van der Waals surface area contributed by atoms with Crippen LogP contribution in [0.2, 0.25) is 0 Å². The molecule has 1 N–H and O–H groups in total. The molecule has 0 spiro atoms. The average Bonchev–Trinajstić information content (AvgIpc) is 2.27. The molecule has 96 valence electrons. The van der Waals surface area contributed by atoms with Crippen molar-refractivity contribution in [1.82, 2.24) is 5.32 Å². The minimum absolute atomic E-state index is 0.587. The van der Waals surface area contributed by atoms with Crippen LogP contribution in [0.4, 0.5) is 0 Å². The van der Waals surface area contributed by atoms with Gasteiger partial charge in [0.1, 0.15) is 0 Å². The second-order valence-electron chi connectivity index (χ2n) is 5.44. The van der Waals surface area contributed by atoms with Crippen molar-refractivity contribution >= 4 is 0 Å². The van der Waals surface area contributed by atoms with E-state index in [2.05, 4.69) is 57.3 Å². The van der Waals surface area contributed by atoms with E-state index in [4.69, 9.17) is 0 Å². The predicted octanol–water partition coefficient (Wildman–Crippen LogP) is 3.82. The molecule has 1 atom stereocenters. The first-order chi connectivity index (χ1) is 8.11. The van der Waals surface area contributed by atoms with Gasteiger partial charge in [0.05, 0.1) is 0 Å². The largest absolute Gasteiger partial charge is 0.314 e. The summed E-state index contributed by atoms with van der Waals surface area (Å²) in [6, 6.07) is 9.65. The van der Waals surface area contributed by atoms with Crippen molar-refractivity contribution in [2.24, 2.45) is 5.92 Å². The summed E-state index contributed by atoms with van der Waals surface area (Å²) in [5.41, 5.74) is 2.96. The summed E-state index contributed by atoms with van der Waals surface area (Å²) in [6.07, 6.45) is 3.61. The van der Waals surface area contributed by atoms with Gasteiger partial charge < -0.3 is 5.32 Å². The Morgan fingerprint density at radius 1 is 1.12 bits per heavy atom. The average molecular weight is 233 g/mol. The third-order valence-corrected chi connectivity index (χ3v) is 2.99. The Morgan fingerprint density at radius 3 is 2.47 bits per heavy atom. The molecule has 0 fully saturated rings. The van der Waals surface area contributed by atoms with Gasteiger partial charge in [-0.2, -0.15) is 0 Å². The molecule has 0 saturated carbocycles. The molecule has 0 heterocycles. The monoisotopic (exact) mass is 233 g/mol. The molecule has 0 radical (unpaired) electrons. The molecule has 1 aromatic rings. The molecule has 0 saturated heterocycles. The molecule has 1 nitrogen and oxygen atoms in total. The van der Waals surface area contributed by atoms with E-state index >= 15 is 0 Å². The SMILES string of the molecule is CCCc1cccc(CC(C)CNC(C)C)c1. The fourth-order valence-electron chi connectivity index (χ4n) is 2.11. The zero-order chi connectivity index (χ0) is 12.7. The van der Waals surface area contributed by atoms with E-state index in [1.807, 2.05) is 0 Å². The summed E-state index contributed by atoms with van der Waals surface area (Å²) in [5, 5.41) is 3.51. The van der Waals surface area contributed by atoms with Crippen LogP contribution in [0.3, 0.4) is 0 Å². The van der Waals surface area contributed by atoms with Crippen LogP contribution in [0.1, 0.15) is 45.2 Å². The summed E-state index contributed by atoms with van der Waals surface area (Å²) in [7, 11) is 0. The van der Waals surface area contributed by atoms with Gasteiger partial charge in [-0.15, -0.1) is 0 Å². The molecule has 1 unspecified atom stereocenters. The van der Waals surface area contributed by atoms with E-state index in [0.717, 1.165) is 6.54 Å². The molecule has 0 aliphatic carbocycles. The Labute approximate surface area is 107 Å². The van der Waals surface area contributed by atoms with E-state index in [1.54, 1.807) is 0 Å². The van der Waals surface area contributed by atoms with Crippen LogP contribution in [0.15, 0.2) is 24.3 Å². The maximum atomic E-state index is 3.51. The van der Waals surface area contributed by atoms with Crippen molar-refractivity contribution in [2.75, 3.05) is 6.54 Å². The maximum Gasteiger partial charge on any atom is 0.00104 e. The molecule has 0 aliphatic heterocycles. The van der Waals surface area contributed by atoms with Crippen molar-refractivity contribution in [1.29, 1.82) is 0 Å². The van der Waals surface area contributed by atoms with E-state index in [-0.39, 0.29) is 0 Å². The van der Waals surface area contributed by atoms with E-state index in [9.17, 15) is 0 Å². The van der Waals surface area contributed by atoms with Crippen LogP contribution in [0, 0.1) is 5.92 Å². The van der Waals surface area contributed by atoms with Crippen LogP contribution < -0.4 is 5.32 Å². The van der Waals surface area contributed by atoms with E-state index in [0.29, 0.717) is 12.0 Å². The fourth-order valence-corrected chi connectivity index (χ4v) is 2.11. The van der Waals surface area contributed by atoms with Crippen LogP contribution in [-0.4, -0.2) is 12.6 Å². The summed E-state index contributed by atoms with van der Waals surface area (Å²) in [5.74, 6) is 0.703. The van der Waals surface area contributed by atoms with E-state index in [1.165, 1.54) is 30.4 Å². The number of hydrogen-bond donors (Lipinski definition) is 1. The molecular weight excluding hydrogens is 206 g/mol. The minimum Gasteiger partial charge on any atom is -0.314 e. The highest BCUT2D eigenvalue weighted by Crippen LogP contribution is 2.12. The Hall–Kier alpha value is -0.820. The topological polar surface area (TPSA) is 12.0 Å². The minimum atomic E-state index is 0.587. The number of hydrogen-bond acceptors (Lipinski definition) is 1. The van der Waals surface area contributed by atoms with Gasteiger partial charge in [-0.25, -0.2) is 0 Å². The molecule has 1 rings (SSSR count). The molecule has 0 aliphatic rings. The molecule has 1 aromatic carbocycles. The van der Waals surface area contributed by atoms with Gasteiger partial charge in [-0.3, -0.25) is 0 Å². The summed E-state index contributed by atoms with van der Waals surface area (Å²) in [6.45, 7) is 10.1. The first-order valence-corrected chi connectivity index (χ1v) is 6.93. The smallest absolute Gasteiger partial charge is 0.00104 e. The Morgan fingerprint density at radius 2 is 1.82 bits per heavy atom. The van der Waals surface area contributed by atoms with Gasteiger partial charge in [0, 0.05) is 6.04 Å². The lowest BCUT2D eigenvalue weighted by molar-refractivity contribution is 0.476. The first-order valence-electron chi connectivity index (χ1n) is 6.93. The number of aryl methyl sites for hydroxylation is 1.